The van der Waals surface area contributed by atoms with E-state index in [9.17, 15) is 14.7 Å². The van der Waals surface area contributed by atoms with Crippen LogP contribution in [0.2, 0.25) is 0 Å². The highest BCUT2D eigenvalue weighted by atomic mass is 16.4. The molecule has 0 spiro atoms. The minimum atomic E-state index is -0.858. The first-order valence-electron chi connectivity index (χ1n) is 7.74. The molecule has 2 fully saturated rings. The molecule has 0 radical (unpaired) electrons. The summed E-state index contributed by atoms with van der Waals surface area (Å²) in [4.78, 5) is 25.8. The van der Waals surface area contributed by atoms with E-state index in [2.05, 4.69) is 6.92 Å². The van der Waals surface area contributed by atoms with Crippen molar-refractivity contribution in [2.45, 2.75) is 38.6 Å². The number of fused-ring (bicyclic) bond motifs is 1. The normalized spacial score (nSPS) is 27.7. The van der Waals surface area contributed by atoms with Gasteiger partial charge in [0, 0.05) is 12.1 Å². The Morgan fingerprint density at radius 3 is 2.57 bits per heavy atom. The first kappa shape index (κ1) is 14.1. The van der Waals surface area contributed by atoms with E-state index in [0.29, 0.717) is 18.0 Å². The second kappa shape index (κ2) is 5.51. The van der Waals surface area contributed by atoms with Crippen molar-refractivity contribution in [3.05, 3.63) is 35.4 Å². The van der Waals surface area contributed by atoms with E-state index in [1.165, 1.54) is 5.56 Å². The highest BCUT2D eigenvalue weighted by Crippen LogP contribution is 2.42. The van der Waals surface area contributed by atoms with Gasteiger partial charge in [0.15, 0.2) is 0 Å². The Morgan fingerprint density at radius 1 is 1.24 bits per heavy atom. The van der Waals surface area contributed by atoms with Crippen LogP contribution in [0.15, 0.2) is 24.3 Å². The Balaban J connectivity index is 1.84. The molecule has 3 atom stereocenters. The summed E-state index contributed by atoms with van der Waals surface area (Å²) >= 11 is 0. The third-order valence-corrected chi connectivity index (χ3v) is 5.01. The Hall–Kier alpha value is -1.84. The van der Waals surface area contributed by atoms with Gasteiger partial charge in [-0.1, -0.05) is 25.5 Å². The molecule has 4 heteroatoms. The average molecular weight is 287 g/mol. The lowest BCUT2D eigenvalue weighted by atomic mass is 9.94. The number of benzene rings is 1. The van der Waals surface area contributed by atoms with E-state index in [1.54, 1.807) is 4.90 Å². The molecule has 21 heavy (non-hydrogen) atoms. The molecule has 4 nitrogen and oxygen atoms in total. The van der Waals surface area contributed by atoms with Crippen LogP contribution in [0.5, 0.6) is 0 Å². The number of carboxylic acids is 1. The van der Waals surface area contributed by atoms with Gasteiger partial charge in [-0.25, -0.2) is 4.79 Å². The van der Waals surface area contributed by atoms with Gasteiger partial charge in [0.1, 0.15) is 6.04 Å². The number of aliphatic carboxylic acids is 1. The Morgan fingerprint density at radius 2 is 1.95 bits per heavy atom. The summed E-state index contributed by atoms with van der Waals surface area (Å²) in [5.74, 6) is -0.492. The molecule has 1 aromatic rings. The number of carboxylic acid groups (broad SMARTS) is 1. The van der Waals surface area contributed by atoms with Gasteiger partial charge in [-0.2, -0.15) is 0 Å². The third-order valence-electron chi connectivity index (χ3n) is 5.01. The monoisotopic (exact) mass is 287 g/mol. The zero-order valence-corrected chi connectivity index (χ0v) is 12.3. The Kier molecular flexibility index (Phi) is 3.70. The number of aryl methyl sites for hydroxylation is 1. The van der Waals surface area contributed by atoms with Crippen molar-refractivity contribution in [1.29, 1.82) is 0 Å². The number of rotatable bonds is 3. The van der Waals surface area contributed by atoms with Crippen LogP contribution in [0.3, 0.4) is 0 Å². The van der Waals surface area contributed by atoms with Crippen LogP contribution < -0.4 is 0 Å². The molecule has 1 aliphatic carbocycles. The van der Waals surface area contributed by atoms with E-state index >= 15 is 0 Å². The predicted octanol–water partition coefficient (Wildman–Crippen LogP) is 2.57. The van der Waals surface area contributed by atoms with Gasteiger partial charge in [-0.05, 0) is 48.8 Å². The summed E-state index contributed by atoms with van der Waals surface area (Å²) in [5, 5.41) is 9.51. The smallest absolute Gasteiger partial charge is 0.326 e. The van der Waals surface area contributed by atoms with E-state index in [1.807, 2.05) is 24.3 Å². The molecule has 1 N–H and O–H groups in total. The maximum atomic E-state index is 12.7. The SMILES string of the molecule is CCc1ccc(C(=O)N2CC3CCCC3C2C(=O)O)cc1. The van der Waals surface area contributed by atoms with Gasteiger partial charge in [-0.3, -0.25) is 4.79 Å². The lowest BCUT2D eigenvalue weighted by Crippen LogP contribution is -2.43. The summed E-state index contributed by atoms with van der Waals surface area (Å²) in [6, 6.07) is 6.87. The number of hydrogen-bond donors (Lipinski definition) is 1. The molecule has 0 bridgehead atoms. The summed E-state index contributed by atoms with van der Waals surface area (Å²) in [7, 11) is 0. The van der Waals surface area contributed by atoms with E-state index in [-0.39, 0.29) is 11.8 Å². The highest BCUT2D eigenvalue weighted by Gasteiger charge is 2.49. The fourth-order valence-electron chi connectivity index (χ4n) is 3.88. The minimum absolute atomic E-state index is 0.139. The van der Waals surface area contributed by atoms with Crippen molar-refractivity contribution in [3.8, 4) is 0 Å². The zero-order chi connectivity index (χ0) is 15.0. The molecule has 112 valence electrons. The van der Waals surface area contributed by atoms with E-state index < -0.39 is 12.0 Å². The molecule has 0 aromatic heterocycles. The summed E-state index contributed by atoms with van der Waals surface area (Å²) in [5.41, 5.74) is 1.78. The second-order valence-corrected chi connectivity index (χ2v) is 6.15. The van der Waals surface area contributed by atoms with E-state index in [0.717, 1.165) is 25.7 Å². The Labute approximate surface area is 124 Å². The molecule has 2 aliphatic rings. The summed E-state index contributed by atoms with van der Waals surface area (Å²) in [6.07, 6.45) is 4.00. The largest absolute Gasteiger partial charge is 0.480 e. The summed E-state index contributed by atoms with van der Waals surface area (Å²) in [6.45, 7) is 2.66. The topological polar surface area (TPSA) is 57.6 Å². The van der Waals surface area contributed by atoms with Crippen LogP contribution in [0.25, 0.3) is 0 Å². The quantitative estimate of drug-likeness (QED) is 0.929. The van der Waals surface area contributed by atoms with E-state index in [4.69, 9.17) is 0 Å². The van der Waals surface area contributed by atoms with Crippen LogP contribution in [-0.2, 0) is 11.2 Å². The van der Waals surface area contributed by atoms with Gasteiger partial charge in [-0.15, -0.1) is 0 Å². The lowest BCUT2D eigenvalue weighted by molar-refractivity contribution is -0.142. The van der Waals surface area contributed by atoms with Crippen molar-refractivity contribution in [3.63, 3.8) is 0 Å². The minimum Gasteiger partial charge on any atom is -0.480 e. The van der Waals surface area contributed by atoms with Gasteiger partial charge < -0.3 is 10.0 Å². The number of hydrogen-bond acceptors (Lipinski definition) is 2. The molecule has 3 rings (SSSR count). The number of likely N-dealkylation sites (tertiary alicyclic amines) is 1. The molecular weight excluding hydrogens is 266 g/mol. The van der Waals surface area contributed by atoms with Crippen molar-refractivity contribution in [2.75, 3.05) is 6.54 Å². The van der Waals surface area contributed by atoms with Crippen molar-refractivity contribution < 1.29 is 14.7 Å². The molecule has 1 aromatic carbocycles. The molecule has 1 saturated heterocycles. The van der Waals surface area contributed by atoms with Gasteiger partial charge >= 0.3 is 5.97 Å². The first-order chi connectivity index (χ1) is 10.1. The molecule has 1 aliphatic heterocycles. The maximum absolute atomic E-state index is 12.7. The Bertz CT molecular complexity index is 552. The molecular formula is C17H21NO3. The second-order valence-electron chi connectivity index (χ2n) is 6.15. The number of carbonyl (C=O) groups is 2. The molecule has 1 saturated carbocycles. The van der Waals surface area contributed by atoms with Gasteiger partial charge in [0.25, 0.3) is 5.91 Å². The maximum Gasteiger partial charge on any atom is 0.326 e. The first-order valence-corrected chi connectivity index (χ1v) is 7.74. The fraction of sp³-hybridized carbons (Fsp3) is 0.529. The van der Waals surface area contributed by atoms with Crippen molar-refractivity contribution in [2.24, 2.45) is 11.8 Å². The predicted molar refractivity (Wildman–Crippen MR) is 79.1 cm³/mol. The van der Waals surface area contributed by atoms with Gasteiger partial charge in [0.05, 0.1) is 0 Å². The standard InChI is InChI=1S/C17H21NO3/c1-2-11-6-8-12(9-7-11)16(19)18-10-13-4-3-5-14(13)15(18)17(20)21/h6-9,13-15H,2-5,10H2,1H3,(H,20,21). The van der Waals surface area contributed by atoms with Crippen LogP contribution in [0, 0.1) is 11.8 Å². The molecule has 1 amide bonds. The van der Waals surface area contributed by atoms with Crippen molar-refractivity contribution >= 4 is 11.9 Å². The summed E-state index contributed by atoms with van der Waals surface area (Å²) < 4.78 is 0. The lowest BCUT2D eigenvalue weighted by Gasteiger charge is -2.24. The zero-order valence-electron chi connectivity index (χ0n) is 12.3. The van der Waals surface area contributed by atoms with Crippen molar-refractivity contribution in [1.82, 2.24) is 4.90 Å². The number of carbonyl (C=O) groups excluding carboxylic acids is 1. The molecule has 1 heterocycles. The van der Waals surface area contributed by atoms with Crippen LogP contribution in [0.4, 0.5) is 0 Å². The van der Waals surface area contributed by atoms with Crippen LogP contribution >= 0.6 is 0 Å². The van der Waals surface area contributed by atoms with Crippen LogP contribution in [0.1, 0.15) is 42.1 Å². The highest BCUT2D eigenvalue weighted by molar-refractivity contribution is 5.97. The molecule has 3 unspecified atom stereocenters. The fourth-order valence-corrected chi connectivity index (χ4v) is 3.88. The third kappa shape index (κ3) is 2.43. The van der Waals surface area contributed by atoms with Crippen LogP contribution in [-0.4, -0.2) is 34.5 Å². The number of nitrogens with zero attached hydrogens (tertiary/aromatic N) is 1. The number of amides is 1. The average Bonchev–Trinajstić information content (AvgIpc) is 3.06. The van der Waals surface area contributed by atoms with Gasteiger partial charge in [0.2, 0.25) is 0 Å².